The largest absolute Gasteiger partial charge is 0.345 e. The summed E-state index contributed by atoms with van der Waals surface area (Å²) < 4.78 is 2.29. The number of aromatic nitrogens is 1. The van der Waals surface area contributed by atoms with Crippen molar-refractivity contribution in [3.8, 4) is 0 Å². The average Bonchev–Trinajstić information content (AvgIpc) is 2.64. The molecule has 0 amide bonds. The van der Waals surface area contributed by atoms with Crippen molar-refractivity contribution >= 4 is 22.5 Å². The topological polar surface area (TPSA) is 17.0 Å². The van der Waals surface area contributed by atoms with Crippen LogP contribution in [0.3, 0.4) is 0 Å². The average molecular weight is 265 g/mol. The molecule has 0 aliphatic rings. The van der Waals surface area contributed by atoms with Crippen LogP contribution in [0.1, 0.15) is 39.3 Å². The second-order valence-corrected chi connectivity index (χ2v) is 5.79. The minimum atomic E-state index is 0.443. The number of rotatable bonds is 4. The number of halogens is 1. The minimum Gasteiger partial charge on any atom is -0.345 e. The molecule has 0 saturated carbocycles. The quantitative estimate of drug-likeness (QED) is 0.868. The SMILES string of the molecule is CC(C)NCc1cn(C(C)C)c2cc(Cl)ccc12. The van der Waals surface area contributed by atoms with E-state index in [9.17, 15) is 0 Å². The highest BCUT2D eigenvalue weighted by molar-refractivity contribution is 6.31. The Morgan fingerprint density at radius 3 is 2.56 bits per heavy atom. The molecular weight excluding hydrogens is 244 g/mol. The molecule has 18 heavy (non-hydrogen) atoms. The van der Waals surface area contributed by atoms with E-state index in [4.69, 9.17) is 11.6 Å². The van der Waals surface area contributed by atoms with E-state index < -0.39 is 0 Å². The molecule has 0 bridgehead atoms. The van der Waals surface area contributed by atoms with Crippen molar-refractivity contribution in [3.05, 3.63) is 35.0 Å². The van der Waals surface area contributed by atoms with E-state index in [2.05, 4.69) is 55.9 Å². The van der Waals surface area contributed by atoms with Crippen LogP contribution < -0.4 is 5.32 Å². The van der Waals surface area contributed by atoms with Gasteiger partial charge in [-0.25, -0.2) is 0 Å². The van der Waals surface area contributed by atoms with Crippen molar-refractivity contribution in [2.75, 3.05) is 0 Å². The van der Waals surface area contributed by atoms with Crippen LogP contribution in [0.15, 0.2) is 24.4 Å². The number of hydrogen-bond donors (Lipinski definition) is 1. The van der Waals surface area contributed by atoms with Gasteiger partial charge in [0.05, 0.1) is 5.52 Å². The zero-order valence-electron chi connectivity index (χ0n) is 11.5. The Labute approximate surface area is 114 Å². The summed E-state index contributed by atoms with van der Waals surface area (Å²) in [4.78, 5) is 0. The van der Waals surface area contributed by atoms with Crippen LogP contribution >= 0.6 is 11.6 Å². The maximum absolute atomic E-state index is 6.10. The molecular formula is C15H21ClN2. The van der Waals surface area contributed by atoms with Crippen LogP contribution in [0, 0.1) is 0 Å². The maximum atomic E-state index is 6.10. The lowest BCUT2D eigenvalue weighted by Gasteiger charge is -2.09. The Hall–Kier alpha value is -0.990. The van der Waals surface area contributed by atoms with Crippen LogP contribution in [-0.2, 0) is 6.54 Å². The number of fused-ring (bicyclic) bond motifs is 1. The van der Waals surface area contributed by atoms with Gasteiger partial charge < -0.3 is 9.88 Å². The second kappa shape index (κ2) is 5.33. The standard InChI is InChI=1S/C15H21ClN2/c1-10(2)17-8-12-9-18(11(3)4)15-7-13(16)5-6-14(12)15/h5-7,9-11,17H,8H2,1-4H3. The zero-order valence-corrected chi connectivity index (χ0v) is 12.3. The normalized spacial score (nSPS) is 11.9. The third-order valence-electron chi connectivity index (χ3n) is 3.14. The summed E-state index contributed by atoms with van der Waals surface area (Å²) in [5, 5.41) is 5.56. The predicted molar refractivity (Wildman–Crippen MR) is 79.3 cm³/mol. The molecule has 2 rings (SSSR count). The van der Waals surface area contributed by atoms with E-state index in [1.165, 1.54) is 16.5 Å². The van der Waals surface area contributed by atoms with Crippen LogP contribution in [0.25, 0.3) is 10.9 Å². The van der Waals surface area contributed by atoms with E-state index >= 15 is 0 Å². The Bertz CT molecular complexity index is 541. The number of nitrogens with one attached hydrogen (secondary N) is 1. The third kappa shape index (κ3) is 2.70. The van der Waals surface area contributed by atoms with Gasteiger partial charge >= 0.3 is 0 Å². The van der Waals surface area contributed by atoms with Crippen molar-refractivity contribution in [2.24, 2.45) is 0 Å². The highest BCUT2D eigenvalue weighted by Gasteiger charge is 2.11. The second-order valence-electron chi connectivity index (χ2n) is 5.35. The van der Waals surface area contributed by atoms with Gasteiger partial charge in [0, 0.05) is 35.2 Å². The summed E-state index contributed by atoms with van der Waals surface area (Å²) in [5.74, 6) is 0. The smallest absolute Gasteiger partial charge is 0.0501 e. The molecule has 98 valence electrons. The molecule has 0 radical (unpaired) electrons. The first-order valence-corrected chi connectivity index (χ1v) is 6.89. The number of hydrogen-bond acceptors (Lipinski definition) is 1. The van der Waals surface area contributed by atoms with Crippen molar-refractivity contribution < 1.29 is 0 Å². The first-order valence-electron chi connectivity index (χ1n) is 6.51. The van der Waals surface area contributed by atoms with E-state index in [-0.39, 0.29) is 0 Å². The van der Waals surface area contributed by atoms with E-state index in [1.807, 2.05) is 6.07 Å². The van der Waals surface area contributed by atoms with Crippen molar-refractivity contribution in [1.82, 2.24) is 9.88 Å². The van der Waals surface area contributed by atoms with E-state index in [0.29, 0.717) is 12.1 Å². The lowest BCUT2D eigenvalue weighted by atomic mass is 10.1. The summed E-state index contributed by atoms with van der Waals surface area (Å²) in [6.07, 6.45) is 2.24. The summed E-state index contributed by atoms with van der Waals surface area (Å²) in [6, 6.07) is 7.07. The van der Waals surface area contributed by atoms with Gasteiger partial charge in [0.2, 0.25) is 0 Å². The molecule has 1 heterocycles. The highest BCUT2D eigenvalue weighted by atomic mass is 35.5. The Kier molecular flexibility index (Phi) is 3.98. The van der Waals surface area contributed by atoms with Crippen LogP contribution in [0.2, 0.25) is 5.02 Å². The Morgan fingerprint density at radius 2 is 1.94 bits per heavy atom. The van der Waals surface area contributed by atoms with Gasteiger partial charge in [0.1, 0.15) is 0 Å². The maximum Gasteiger partial charge on any atom is 0.0501 e. The Morgan fingerprint density at radius 1 is 1.22 bits per heavy atom. The van der Waals surface area contributed by atoms with Crippen LogP contribution in [0.4, 0.5) is 0 Å². The third-order valence-corrected chi connectivity index (χ3v) is 3.37. The van der Waals surface area contributed by atoms with Crippen LogP contribution in [-0.4, -0.2) is 10.6 Å². The van der Waals surface area contributed by atoms with Crippen molar-refractivity contribution in [3.63, 3.8) is 0 Å². The van der Waals surface area contributed by atoms with Crippen LogP contribution in [0.5, 0.6) is 0 Å². The molecule has 0 saturated heterocycles. The van der Waals surface area contributed by atoms with E-state index in [0.717, 1.165) is 11.6 Å². The van der Waals surface area contributed by atoms with Gasteiger partial charge in [-0.3, -0.25) is 0 Å². The summed E-state index contributed by atoms with van der Waals surface area (Å²) in [5.41, 5.74) is 2.56. The molecule has 2 aromatic rings. The molecule has 2 nitrogen and oxygen atoms in total. The van der Waals surface area contributed by atoms with Gasteiger partial charge in [-0.05, 0) is 31.5 Å². The first-order chi connectivity index (χ1) is 8.49. The first kappa shape index (κ1) is 13.4. The zero-order chi connectivity index (χ0) is 13.3. The molecule has 0 fully saturated rings. The fourth-order valence-electron chi connectivity index (χ4n) is 2.18. The number of benzene rings is 1. The molecule has 3 heteroatoms. The molecule has 0 aliphatic heterocycles. The van der Waals surface area contributed by atoms with Gasteiger partial charge in [-0.1, -0.05) is 31.5 Å². The summed E-state index contributed by atoms with van der Waals surface area (Å²) >= 11 is 6.10. The lowest BCUT2D eigenvalue weighted by Crippen LogP contribution is -2.21. The van der Waals surface area contributed by atoms with E-state index in [1.54, 1.807) is 0 Å². The number of nitrogens with zero attached hydrogens (tertiary/aromatic N) is 1. The molecule has 1 aromatic heterocycles. The van der Waals surface area contributed by atoms with Gasteiger partial charge in [0.15, 0.2) is 0 Å². The summed E-state index contributed by atoms with van der Waals surface area (Å²) in [6.45, 7) is 9.62. The molecule has 0 aliphatic carbocycles. The lowest BCUT2D eigenvalue weighted by molar-refractivity contribution is 0.583. The van der Waals surface area contributed by atoms with Gasteiger partial charge in [-0.15, -0.1) is 0 Å². The van der Waals surface area contributed by atoms with Gasteiger partial charge in [-0.2, -0.15) is 0 Å². The van der Waals surface area contributed by atoms with Crippen molar-refractivity contribution in [2.45, 2.75) is 46.3 Å². The minimum absolute atomic E-state index is 0.443. The predicted octanol–water partition coefficient (Wildman–Crippen LogP) is 4.37. The highest BCUT2D eigenvalue weighted by Crippen LogP contribution is 2.27. The molecule has 1 N–H and O–H groups in total. The molecule has 0 atom stereocenters. The molecule has 0 spiro atoms. The van der Waals surface area contributed by atoms with Gasteiger partial charge in [0.25, 0.3) is 0 Å². The fraction of sp³-hybridized carbons (Fsp3) is 0.467. The molecule has 0 unspecified atom stereocenters. The summed E-state index contributed by atoms with van der Waals surface area (Å²) in [7, 11) is 0. The van der Waals surface area contributed by atoms with Crippen molar-refractivity contribution in [1.29, 1.82) is 0 Å². The Balaban J connectivity index is 2.47. The monoisotopic (exact) mass is 264 g/mol. The molecule has 1 aromatic carbocycles. The fourth-order valence-corrected chi connectivity index (χ4v) is 2.35.